The Morgan fingerprint density at radius 3 is 1.94 bits per heavy atom. The average molecular weight is 755 g/mol. The lowest BCUT2D eigenvalue weighted by Gasteiger charge is -2.36. The minimum absolute atomic E-state index is 0.0790. The number of fused-ring (bicyclic) bond motifs is 2. The van der Waals surface area contributed by atoms with E-state index in [1.54, 1.807) is 19.1 Å². The summed E-state index contributed by atoms with van der Waals surface area (Å²) in [5.41, 5.74) is -8.90. The second kappa shape index (κ2) is 13.8. The van der Waals surface area contributed by atoms with Gasteiger partial charge in [0.2, 0.25) is 0 Å². The molecule has 0 saturated heterocycles. The molecule has 3 aliphatic carbocycles. The molecule has 3 atom stereocenters. The summed E-state index contributed by atoms with van der Waals surface area (Å²) in [6, 6.07) is -0.270. The van der Waals surface area contributed by atoms with Crippen molar-refractivity contribution in [3.63, 3.8) is 0 Å². The number of alkyl halides is 3. The number of rotatable bonds is 7. The number of nitrogens with zero attached hydrogens (tertiary/aromatic N) is 1. The Kier molecular flexibility index (Phi) is 9.88. The second-order valence-electron chi connectivity index (χ2n) is 13.1. The SMILES string of the molecule is CCC(C)c1c(F)c(N(c2c(C)c(F)c(C(F)(F)F)c(F)c2F)c2c(F)c(F)cc(F)c2F)c(C)c(F)c1NC1=CC2=C(C=CCC2)C2C=CC=CC12. The Balaban J connectivity index is 1.68. The molecule has 53 heavy (non-hydrogen) atoms. The van der Waals surface area contributed by atoms with Crippen LogP contribution < -0.4 is 10.2 Å². The Bertz CT molecular complexity index is 2140. The molecule has 0 saturated carbocycles. The standard InChI is InChI=1S/C39H30F12N2/c1-5-16(2)26-32(46)36(18(4)29(43)35(26)52-25-14-19-10-6-7-11-20(19)21-12-8-9-13-22(21)25)53(38-30(44)23(40)15-24(41)31(38)45)37-17(3)28(42)27(39(49,50)51)33(47)34(37)48/h7-9,11-16,21-22,52H,5-6,10H2,1-4H3. The van der Waals surface area contributed by atoms with Gasteiger partial charge in [-0.2, -0.15) is 13.2 Å². The zero-order valence-electron chi connectivity index (χ0n) is 28.5. The summed E-state index contributed by atoms with van der Waals surface area (Å²) in [5.74, 6) is -21.4. The van der Waals surface area contributed by atoms with Gasteiger partial charge in [-0.05, 0) is 56.3 Å². The summed E-state index contributed by atoms with van der Waals surface area (Å²) in [6.07, 6.45) is 8.83. The Labute approximate surface area is 296 Å². The Morgan fingerprint density at radius 1 is 0.755 bits per heavy atom. The number of hydrogen-bond acceptors (Lipinski definition) is 2. The van der Waals surface area contributed by atoms with Gasteiger partial charge in [0, 0.05) is 40.3 Å². The molecule has 0 fully saturated rings. The van der Waals surface area contributed by atoms with Gasteiger partial charge in [-0.15, -0.1) is 0 Å². The van der Waals surface area contributed by atoms with Crippen molar-refractivity contribution in [3.05, 3.63) is 140 Å². The van der Waals surface area contributed by atoms with Gasteiger partial charge in [0.05, 0.1) is 17.1 Å². The van der Waals surface area contributed by atoms with E-state index in [0.717, 1.165) is 24.5 Å². The minimum Gasteiger partial charge on any atom is -0.356 e. The van der Waals surface area contributed by atoms with E-state index in [0.29, 0.717) is 19.0 Å². The van der Waals surface area contributed by atoms with Gasteiger partial charge >= 0.3 is 6.18 Å². The summed E-state index contributed by atoms with van der Waals surface area (Å²) in [7, 11) is 0. The third kappa shape index (κ3) is 6.13. The van der Waals surface area contributed by atoms with E-state index in [4.69, 9.17) is 0 Å². The first-order valence-electron chi connectivity index (χ1n) is 16.5. The fourth-order valence-electron chi connectivity index (χ4n) is 7.17. The van der Waals surface area contributed by atoms with Crippen molar-refractivity contribution >= 4 is 22.7 Å². The van der Waals surface area contributed by atoms with E-state index in [9.17, 15) is 22.0 Å². The highest BCUT2D eigenvalue weighted by molar-refractivity contribution is 5.84. The maximum atomic E-state index is 17.4. The van der Waals surface area contributed by atoms with E-state index in [1.165, 1.54) is 6.92 Å². The molecule has 0 heterocycles. The van der Waals surface area contributed by atoms with Crippen molar-refractivity contribution in [2.75, 3.05) is 10.2 Å². The smallest absolute Gasteiger partial charge is 0.356 e. The first-order valence-corrected chi connectivity index (χ1v) is 16.5. The van der Waals surface area contributed by atoms with Crippen LogP contribution in [-0.4, -0.2) is 0 Å². The van der Waals surface area contributed by atoms with Crippen molar-refractivity contribution in [3.8, 4) is 0 Å². The Morgan fingerprint density at radius 2 is 1.34 bits per heavy atom. The average Bonchev–Trinajstić information content (AvgIpc) is 3.11. The van der Waals surface area contributed by atoms with Crippen molar-refractivity contribution in [1.82, 2.24) is 0 Å². The third-order valence-electron chi connectivity index (χ3n) is 9.99. The molecular weight excluding hydrogens is 724 g/mol. The van der Waals surface area contributed by atoms with E-state index >= 15 is 30.7 Å². The summed E-state index contributed by atoms with van der Waals surface area (Å²) in [5, 5.41) is 3.00. The van der Waals surface area contributed by atoms with Crippen molar-refractivity contribution < 1.29 is 52.7 Å². The second-order valence-corrected chi connectivity index (χ2v) is 13.1. The van der Waals surface area contributed by atoms with E-state index in [2.05, 4.69) is 5.32 Å². The summed E-state index contributed by atoms with van der Waals surface area (Å²) in [4.78, 5) is -0.354. The highest BCUT2D eigenvalue weighted by Crippen LogP contribution is 2.51. The van der Waals surface area contributed by atoms with E-state index in [-0.39, 0.29) is 23.3 Å². The molecule has 3 aromatic rings. The van der Waals surface area contributed by atoms with Crippen LogP contribution in [0, 0.1) is 78.0 Å². The van der Waals surface area contributed by atoms with Crippen LogP contribution in [-0.2, 0) is 6.18 Å². The van der Waals surface area contributed by atoms with Crippen LogP contribution in [0.4, 0.5) is 75.4 Å². The first-order chi connectivity index (χ1) is 24.9. The van der Waals surface area contributed by atoms with Crippen molar-refractivity contribution in [1.29, 1.82) is 0 Å². The number of halogens is 12. The third-order valence-corrected chi connectivity index (χ3v) is 9.99. The molecule has 0 amide bonds. The lowest BCUT2D eigenvalue weighted by molar-refractivity contribution is -0.142. The lowest BCUT2D eigenvalue weighted by atomic mass is 9.73. The topological polar surface area (TPSA) is 15.3 Å². The molecule has 0 aromatic heterocycles. The highest BCUT2D eigenvalue weighted by atomic mass is 19.4. The maximum Gasteiger partial charge on any atom is 0.422 e. The number of allylic oxidation sites excluding steroid dienone is 9. The number of benzene rings is 3. The van der Waals surface area contributed by atoms with Crippen LogP contribution in [0.15, 0.2) is 65.4 Å². The zero-order valence-corrected chi connectivity index (χ0v) is 28.5. The molecule has 3 unspecified atom stereocenters. The normalized spacial score (nSPS) is 18.6. The first kappa shape index (κ1) is 37.9. The quantitative estimate of drug-likeness (QED) is 0.191. The molecule has 280 valence electrons. The van der Waals surface area contributed by atoms with Gasteiger partial charge in [-0.3, -0.25) is 4.90 Å². The van der Waals surface area contributed by atoms with E-state index < -0.39 is 115 Å². The van der Waals surface area contributed by atoms with Gasteiger partial charge in [-0.25, -0.2) is 39.5 Å². The number of anilines is 4. The predicted molar refractivity (Wildman–Crippen MR) is 176 cm³/mol. The molecule has 0 radical (unpaired) electrons. The van der Waals surface area contributed by atoms with Crippen LogP contribution in [0.3, 0.4) is 0 Å². The lowest BCUT2D eigenvalue weighted by Crippen LogP contribution is -2.27. The largest absolute Gasteiger partial charge is 0.422 e. The summed E-state index contributed by atoms with van der Waals surface area (Å²) >= 11 is 0. The molecule has 1 N–H and O–H groups in total. The van der Waals surface area contributed by atoms with Gasteiger partial charge in [0.25, 0.3) is 0 Å². The predicted octanol–water partition coefficient (Wildman–Crippen LogP) is 12.9. The molecule has 6 rings (SSSR count). The van der Waals surface area contributed by atoms with Crippen molar-refractivity contribution in [2.45, 2.75) is 59.1 Å². The van der Waals surface area contributed by atoms with Crippen LogP contribution in [0.5, 0.6) is 0 Å². The van der Waals surface area contributed by atoms with Crippen LogP contribution in [0.2, 0.25) is 0 Å². The monoisotopic (exact) mass is 754 g/mol. The van der Waals surface area contributed by atoms with Crippen molar-refractivity contribution in [2.24, 2.45) is 11.8 Å². The molecule has 3 aromatic carbocycles. The van der Waals surface area contributed by atoms with E-state index in [1.807, 2.05) is 30.4 Å². The maximum absolute atomic E-state index is 17.4. The molecule has 3 aliphatic rings. The fourth-order valence-corrected chi connectivity index (χ4v) is 7.17. The van der Waals surface area contributed by atoms with Crippen LogP contribution in [0.1, 0.15) is 61.3 Å². The summed E-state index contributed by atoms with van der Waals surface area (Å²) in [6.45, 7) is 4.30. The Hall–Kier alpha value is -4.88. The summed E-state index contributed by atoms with van der Waals surface area (Å²) < 4.78 is 182. The molecule has 14 heteroatoms. The van der Waals surface area contributed by atoms with Crippen LogP contribution in [0.25, 0.3) is 0 Å². The van der Waals surface area contributed by atoms with Gasteiger partial charge in [-0.1, -0.05) is 50.3 Å². The van der Waals surface area contributed by atoms with Gasteiger partial charge < -0.3 is 5.32 Å². The number of hydrogen-bond donors (Lipinski definition) is 1. The molecular formula is C39H30F12N2. The molecule has 0 spiro atoms. The minimum atomic E-state index is -5.84. The molecule has 2 nitrogen and oxygen atoms in total. The molecule has 0 aliphatic heterocycles. The molecule has 0 bridgehead atoms. The highest BCUT2D eigenvalue weighted by Gasteiger charge is 2.44. The van der Waals surface area contributed by atoms with Crippen LogP contribution >= 0.6 is 0 Å². The number of nitrogens with one attached hydrogen (secondary N) is 1. The fraction of sp³-hybridized carbons (Fsp3) is 0.282. The van der Waals surface area contributed by atoms with Gasteiger partial charge in [0.1, 0.15) is 17.1 Å². The zero-order chi connectivity index (χ0) is 38.8. The van der Waals surface area contributed by atoms with Gasteiger partial charge in [0.15, 0.2) is 46.5 Å².